The van der Waals surface area contributed by atoms with E-state index >= 15 is 0 Å². The molecular weight excluding hydrogens is 261 g/mol. The van der Waals surface area contributed by atoms with Crippen LogP contribution in [0.3, 0.4) is 0 Å². The Balaban J connectivity index is 1.72. The molecule has 0 saturated carbocycles. The highest BCUT2D eigenvalue weighted by Gasteiger charge is 2.34. The number of likely N-dealkylation sites (tertiary alicyclic amines) is 1. The van der Waals surface area contributed by atoms with Crippen molar-refractivity contribution in [3.05, 3.63) is 39.7 Å². The highest BCUT2D eigenvalue weighted by molar-refractivity contribution is 5.36. The minimum absolute atomic E-state index is 0.415. The van der Waals surface area contributed by atoms with Crippen LogP contribution in [0, 0.1) is 21.8 Å². The van der Waals surface area contributed by atoms with Crippen LogP contribution in [0.2, 0.25) is 0 Å². The summed E-state index contributed by atoms with van der Waals surface area (Å²) in [5.41, 5.74) is -0.0184. The molecule has 6 heteroatoms. The molecule has 1 N–H and O–H groups in total. The van der Waals surface area contributed by atoms with E-state index in [0.717, 1.165) is 19.6 Å². The summed E-state index contributed by atoms with van der Waals surface area (Å²) < 4.78 is 14.1. The number of hydrogen-bond acceptors (Lipinski definition) is 4. The molecule has 2 fully saturated rings. The van der Waals surface area contributed by atoms with E-state index < -0.39 is 16.4 Å². The van der Waals surface area contributed by atoms with Gasteiger partial charge in [-0.05, 0) is 25.3 Å². The zero-order chi connectivity index (χ0) is 14.1. The molecule has 0 unspecified atom stereocenters. The number of benzene rings is 1. The second kappa shape index (κ2) is 5.46. The van der Waals surface area contributed by atoms with Gasteiger partial charge in [0, 0.05) is 37.3 Å². The summed E-state index contributed by atoms with van der Waals surface area (Å²) in [6.45, 7) is 3.34. The average molecular weight is 279 g/mol. The molecule has 2 saturated heterocycles. The summed E-state index contributed by atoms with van der Waals surface area (Å²) in [5, 5.41) is 14.3. The predicted octanol–water partition coefficient (Wildman–Crippen LogP) is 1.92. The number of fused-ring (bicyclic) bond motifs is 1. The Hall–Kier alpha value is -1.53. The van der Waals surface area contributed by atoms with Gasteiger partial charge in [-0.15, -0.1) is 0 Å². The number of nitro benzene ring substituents is 1. The van der Waals surface area contributed by atoms with Crippen LogP contribution in [-0.4, -0.2) is 35.5 Å². The van der Waals surface area contributed by atoms with Crippen molar-refractivity contribution in [2.75, 3.05) is 19.6 Å². The van der Waals surface area contributed by atoms with Gasteiger partial charge in [0.15, 0.2) is 0 Å². The maximum absolute atomic E-state index is 14.1. The predicted molar refractivity (Wildman–Crippen MR) is 72.8 cm³/mol. The van der Waals surface area contributed by atoms with Crippen LogP contribution in [0.1, 0.15) is 18.4 Å². The molecule has 0 aliphatic carbocycles. The van der Waals surface area contributed by atoms with Crippen LogP contribution in [0.15, 0.2) is 18.2 Å². The van der Waals surface area contributed by atoms with Crippen LogP contribution in [0.5, 0.6) is 0 Å². The number of nitrogens with zero attached hydrogens (tertiary/aromatic N) is 2. The number of rotatable bonds is 3. The molecule has 0 radical (unpaired) electrons. The van der Waals surface area contributed by atoms with Gasteiger partial charge in [-0.3, -0.25) is 15.0 Å². The van der Waals surface area contributed by atoms with Crippen molar-refractivity contribution in [3.8, 4) is 0 Å². The van der Waals surface area contributed by atoms with Crippen molar-refractivity contribution in [1.82, 2.24) is 10.2 Å². The molecular formula is C14H18FN3O2. The molecule has 3 rings (SSSR count). The Labute approximate surface area is 116 Å². The third kappa shape index (κ3) is 2.53. The highest BCUT2D eigenvalue weighted by atomic mass is 19.1. The molecule has 2 atom stereocenters. The summed E-state index contributed by atoms with van der Waals surface area (Å²) in [4.78, 5) is 12.3. The Bertz CT molecular complexity index is 509. The van der Waals surface area contributed by atoms with E-state index in [9.17, 15) is 14.5 Å². The molecule has 0 bridgehead atoms. The van der Waals surface area contributed by atoms with E-state index in [1.807, 2.05) is 0 Å². The molecule has 2 aliphatic heterocycles. The molecule has 1 aromatic rings. The van der Waals surface area contributed by atoms with Gasteiger partial charge in [-0.25, -0.2) is 0 Å². The van der Waals surface area contributed by atoms with E-state index in [0.29, 0.717) is 24.1 Å². The minimum Gasteiger partial charge on any atom is -0.312 e. The zero-order valence-corrected chi connectivity index (χ0v) is 11.2. The summed E-state index contributed by atoms with van der Waals surface area (Å²) in [6, 6.07) is 4.89. The van der Waals surface area contributed by atoms with Gasteiger partial charge >= 0.3 is 5.69 Å². The molecule has 108 valence electrons. The topological polar surface area (TPSA) is 58.4 Å². The zero-order valence-electron chi connectivity index (χ0n) is 11.2. The van der Waals surface area contributed by atoms with Crippen molar-refractivity contribution in [2.45, 2.75) is 25.4 Å². The van der Waals surface area contributed by atoms with Gasteiger partial charge in [0.25, 0.3) is 0 Å². The van der Waals surface area contributed by atoms with E-state index in [1.165, 1.54) is 18.9 Å². The molecule has 2 heterocycles. The lowest BCUT2D eigenvalue weighted by Gasteiger charge is -2.24. The fraction of sp³-hybridized carbons (Fsp3) is 0.571. The van der Waals surface area contributed by atoms with E-state index in [-0.39, 0.29) is 0 Å². The van der Waals surface area contributed by atoms with Gasteiger partial charge in [0.05, 0.1) is 4.92 Å². The lowest BCUT2D eigenvalue weighted by atomic mass is 9.94. The van der Waals surface area contributed by atoms with Crippen LogP contribution in [0.4, 0.5) is 10.1 Å². The van der Waals surface area contributed by atoms with E-state index in [2.05, 4.69) is 10.2 Å². The first-order valence-corrected chi connectivity index (χ1v) is 7.02. The molecule has 0 aromatic heterocycles. The first-order chi connectivity index (χ1) is 9.65. The van der Waals surface area contributed by atoms with Crippen molar-refractivity contribution in [3.63, 3.8) is 0 Å². The van der Waals surface area contributed by atoms with Crippen LogP contribution in [-0.2, 0) is 6.54 Å². The van der Waals surface area contributed by atoms with E-state index in [4.69, 9.17) is 0 Å². The fourth-order valence-electron chi connectivity index (χ4n) is 3.34. The van der Waals surface area contributed by atoms with Gasteiger partial charge in [-0.1, -0.05) is 12.1 Å². The standard InChI is InChI=1S/C14H18FN3O2/c15-14-11(3-1-5-13(14)18(19)20)8-17-7-10-4-2-6-16-12(10)9-17/h1,3,5,10,12,16H,2,4,6-9H2/t10-,12+/m0/s1. The molecule has 5 nitrogen and oxygen atoms in total. The minimum atomic E-state index is -0.694. The number of halogens is 1. The van der Waals surface area contributed by atoms with Gasteiger partial charge in [-0.2, -0.15) is 4.39 Å². The van der Waals surface area contributed by atoms with Gasteiger partial charge < -0.3 is 5.32 Å². The van der Waals surface area contributed by atoms with Crippen LogP contribution in [0.25, 0.3) is 0 Å². The Morgan fingerprint density at radius 2 is 2.30 bits per heavy atom. The summed E-state index contributed by atoms with van der Waals surface area (Å²) in [6.07, 6.45) is 2.41. The lowest BCUT2D eigenvalue weighted by Crippen LogP contribution is -2.40. The second-order valence-electron chi connectivity index (χ2n) is 5.66. The maximum Gasteiger partial charge on any atom is 0.305 e. The molecule has 2 aliphatic rings. The smallest absolute Gasteiger partial charge is 0.305 e. The molecule has 0 spiro atoms. The Morgan fingerprint density at radius 1 is 1.45 bits per heavy atom. The first kappa shape index (κ1) is 13.5. The second-order valence-corrected chi connectivity index (χ2v) is 5.66. The lowest BCUT2D eigenvalue weighted by molar-refractivity contribution is -0.387. The summed E-state index contributed by atoms with van der Waals surface area (Å²) in [7, 11) is 0. The van der Waals surface area contributed by atoms with Gasteiger partial charge in [0.2, 0.25) is 5.82 Å². The highest BCUT2D eigenvalue weighted by Crippen LogP contribution is 2.28. The average Bonchev–Trinajstić information content (AvgIpc) is 2.83. The van der Waals surface area contributed by atoms with Crippen molar-refractivity contribution in [1.29, 1.82) is 0 Å². The number of nitrogens with one attached hydrogen (secondary N) is 1. The molecule has 1 aromatic carbocycles. The Kier molecular flexibility index (Phi) is 3.67. The molecule has 0 amide bonds. The van der Waals surface area contributed by atoms with Crippen molar-refractivity contribution < 1.29 is 9.31 Å². The van der Waals surface area contributed by atoms with E-state index in [1.54, 1.807) is 12.1 Å². The summed E-state index contributed by atoms with van der Waals surface area (Å²) in [5.74, 6) is -0.0640. The summed E-state index contributed by atoms with van der Waals surface area (Å²) >= 11 is 0. The maximum atomic E-state index is 14.1. The quantitative estimate of drug-likeness (QED) is 0.678. The number of piperidine rings is 1. The first-order valence-electron chi connectivity index (χ1n) is 7.02. The van der Waals surface area contributed by atoms with Crippen LogP contribution >= 0.6 is 0 Å². The monoisotopic (exact) mass is 279 g/mol. The number of hydrogen-bond donors (Lipinski definition) is 1. The van der Waals surface area contributed by atoms with Crippen molar-refractivity contribution >= 4 is 5.69 Å². The normalized spacial score (nSPS) is 26.4. The Morgan fingerprint density at radius 3 is 3.05 bits per heavy atom. The SMILES string of the molecule is O=[N+]([O-])c1cccc(CN2C[C@@H]3CCCN[C@@H]3C2)c1F. The fourth-order valence-corrected chi connectivity index (χ4v) is 3.34. The van der Waals surface area contributed by atoms with Crippen LogP contribution < -0.4 is 5.32 Å². The van der Waals surface area contributed by atoms with Gasteiger partial charge in [0.1, 0.15) is 0 Å². The number of nitro groups is 1. The largest absolute Gasteiger partial charge is 0.312 e. The third-order valence-electron chi connectivity index (χ3n) is 4.32. The molecule has 20 heavy (non-hydrogen) atoms. The third-order valence-corrected chi connectivity index (χ3v) is 4.32. The van der Waals surface area contributed by atoms with Crippen molar-refractivity contribution in [2.24, 2.45) is 5.92 Å².